The van der Waals surface area contributed by atoms with Gasteiger partial charge in [-0.2, -0.15) is 0 Å². The highest BCUT2D eigenvalue weighted by Gasteiger charge is 2.11. The van der Waals surface area contributed by atoms with E-state index in [0.29, 0.717) is 0 Å². The summed E-state index contributed by atoms with van der Waals surface area (Å²) in [6.07, 6.45) is 5.23. The van der Waals surface area contributed by atoms with Gasteiger partial charge in [0.2, 0.25) is 0 Å². The quantitative estimate of drug-likeness (QED) is 0.758. The molecule has 0 saturated carbocycles. The van der Waals surface area contributed by atoms with Crippen LogP contribution >= 0.6 is 0 Å². The summed E-state index contributed by atoms with van der Waals surface area (Å²) in [5.74, 6) is 0. The molecular weight excluding hydrogens is 208 g/mol. The molecule has 1 heterocycles. The number of anilines is 1. The molecule has 1 aromatic carbocycles. The minimum absolute atomic E-state index is 1.00. The maximum atomic E-state index is 3.48. The van der Waals surface area contributed by atoms with Crippen molar-refractivity contribution in [2.24, 2.45) is 0 Å². The molecule has 0 unspecified atom stereocenters. The number of hydrogen-bond donors (Lipinski definition) is 1. The summed E-state index contributed by atoms with van der Waals surface area (Å²) < 4.78 is 0. The SMILES string of the molecule is CCCCNCc1ccc(N2CCCC2)cc1. The first-order valence-corrected chi connectivity index (χ1v) is 6.95. The summed E-state index contributed by atoms with van der Waals surface area (Å²) >= 11 is 0. The third-order valence-corrected chi connectivity index (χ3v) is 3.44. The van der Waals surface area contributed by atoms with E-state index in [-0.39, 0.29) is 0 Å². The minimum atomic E-state index is 1.00. The normalized spacial score (nSPS) is 15.5. The molecule has 2 nitrogen and oxygen atoms in total. The van der Waals surface area contributed by atoms with Crippen molar-refractivity contribution in [2.75, 3.05) is 24.5 Å². The zero-order chi connectivity index (χ0) is 11.9. The Bertz CT molecular complexity index is 312. The van der Waals surface area contributed by atoms with E-state index in [0.717, 1.165) is 13.1 Å². The summed E-state index contributed by atoms with van der Waals surface area (Å²) in [5.41, 5.74) is 2.78. The largest absolute Gasteiger partial charge is 0.372 e. The summed E-state index contributed by atoms with van der Waals surface area (Å²) in [6, 6.07) is 9.05. The van der Waals surface area contributed by atoms with E-state index < -0.39 is 0 Å². The lowest BCUT2D eigenvalue weighted by atomic mass is 10.2. The van der Waals surface area contributed by atoms with Gasteiger partial charge in [0, 0.05) is 25.3 Å². The second kappa shape index (κ2) is 6.65. The lowest BCUT2D eigenvalue weighted by molar-refractivity contribution is 0.641. The van der Waals surface area contributed by atoms with Gasteiger partial charge < -0.3 is 10.2 Å². The Morgan fingerprint density at radius 1 is 1.12 bits per heavy atom. The Morgan fingerprint density at radius 2 is 1.82 bits per heavy atom. The Balaban J connectivity index is 1.80. The fraction of sp³-hybridized carbons (Fsp3) is 0.600. The topological polar surface area (TPSA) is 15.3 Å². The molecular formula is C15H24N2. The van der Waals surface area contributed by atoms with Crippen molar-refractivity contribution < 1.29 is 0 Å². The fourth-order valence-electron chi connectivity index (χ4n) is 2.33. The summed E-state index contributed by atoms with van der Waals surface area (Å²) in [6.45, 7) is 6.82. The first-order valence-electron chi connectivity index (χ1n) is 6.95. The molecule has 94 valence electrons. The molecule has 1 N–H and O–H groups in total. The van der Waals surface area contributed by atoms with Crippen molar-refractivity contribution in [1.29, 1.82) is 0 Å². The summed E-state index contributed by atoms with van der Waals surface area (Å²) in [4.78, 5) is 2.48. The van der Waals surface area contributed by atoms with Crippen LogP contribution < -0.4 is 10.2 Å². The van der Waals surface area contributed by atoms with Crippen LogP contribution in [-0.2, 0) is 6.54 Å². The van der Waals surface area contributed by atoms with Crippen molar-refractivity contribution >= 4 is 5.69 Å². The Morgan fingerprint density at radius 3 is 2.47 bits per heavy atom. The molecule has 0 aromatic heterocycles. The van der Waals surface area contributed by atoms with Crippen LogP contribution in [0, 0.1) is 0 Å². The molecule has 0 amide bonds. The summed E-state index contributed by atoms with van der Waals surface area (Å²) in [5, 5.41) is 3.48. The third-order valence-electron chi connectivity index (χ3n) is 3.44. The predicted octanol–water partition coefficient (Wildman–Crippen LogP) is 3.18. The fourth-order valence-corrected chi connectivity index (χ4v) is 2.33. The van der Waals surface area contributed by atoms with E-state index in [4.69, 9.17) is 0 Å². The van der Waals surface area contributed by atoms with Crippen LogP contribution in [0.5, 0.6) is 0 Å². The standard InChI is InChI=1S/C15H24N2/c1-2-3-10-16-13-14-6-8-15(9-7-14)17-11-4-5-12-17/h6-9,16H,2-5,10-13H2,1H3. The van der Waals surface area contributed by atoms with Gasteiger partial charge in [-0.1, -0.05) is 25.5 Å². The second-order valence-corrected chi connectivity index (χ2v) is 4.89. The molecule has 1 aromatic rings. The van der Waals surface area contributed by atoms with E-state index >= 15 is 0 Å². The minimum Gasteiger partial charge on any atom is -0.372 e. The molecule has 1 saturated heterocycles. The third kappa shape index (κ3) is 3.74. The molecule has 1 aliphatic rings. The average Bonchev–Trinajstić information content (AvgIpc) is 2.89. The van der Waals surface area contributed by atoms with Gasteiger partial charge in [-0.3, -0.25) is 0 Å². The van der Waals surface area contributed by atoms with E-state index in [2.05, 4.69) is 41.4 Å². The molecule has 0 spiro atoms. The predicted molar refractivity (Wildman–Crippen MR) is 74.5 cm³/mol. The van der Waals surface area contributed by atoms with Gasteiger partial charge in [-0.15, -0.1) is 0 Å². The molecule has 0 aliphatic carbocycles. The van der Waals surface area contributed by atoms with Crippen molar-refractivity contribution in [2.45, 2.75) is 39.2 Å². The van der Waals surface area contributed by atoms with Crippen LogP contribution in [0.2, 0.25) is 0 Å². The summed E-state index contributed by atoms with van der Waals surface area (Å²) in [7, 11) is 0. The van der Waals surface area contributed by atoms with E-state index in [1.165, 1.54) is 50.0 Å². The highest BCUT2D eigenvalue weighted by molar-refractivity contribution is 5.48. The average molecular weight is 232 g/mol. The zero-order valence-corrected chi connectivity index (χ0v) is 10.9. The number of nitrogens with zero attached hydrogens (tertiary/aromatic N) is 1. The number of hydrogen-bond acceptors (Lipinski definition) is 2. The van der Waals surface area contributed by atoms with E-state index in [1.54, 1.807) is 0 Å². The number of rotatable bonds is 6. The lowest BCUT2D eigenvalue weighted by Crippen LogP contribution is -2.18. The number of nitrogens with one attached hydrogen (secondary N) is 1. The highest BCUT2D eigenvalue weighted by Crippen LogP contribution is 2.20. The van der Waals surface area contributed by atoms with Crippen LogP contribution in [0.1, 0.15) is 38.2 Å². The zero-order valence-electron chi connectivity index (χ0n) is 10.9. The van der Waals surface area contributed by atoms with Crippen LogP contribution in [0.4, 0.5) is 5.69 Å². The van der Waals surface area contributed by atoms with Crippen LogP contribution in [0.3, 0.4) is 0 Å². The molecule has 0 radical (unpaired) electrons. The van der Waals surface area contributed by atoms with Gasteiger partial charge in [0.15, 0.2) is 0 Å². The van der Waals surface area contributed by atoms with Gasteiger partial charge in [0.05, 0.1) is 0 Å². The van der Waals surface area contributed by atoms with Gasteiger partial charge >= 0.3 is 0 Å². The maximum Gasteiger partial charge on any atom is 0.0366 e. The van der Waals surface area contributed by atoms with Crippen molar-refractivity contribution in [1.82, 2.24) is 5.32 Å². The molecule has 1 fully saturated rings. The smallest absolute Gasteiger partial charge is 0.0366 e. The van der Waals surface area contributed by atoms with Gasteiger partial charge in [-0.25, -0.2) is 0 Å². The van der Waals surface area contributed by atoms with Crippen molar-refractivity contribution in [3.8, 4) is 0 Å². The Labute approximate surface area is 105 Å². The van der Waals surface area contributed by atoms with Crippen LogP contribution in [-0.4, -0.2) is 19.6 Å². The molecule has 1 aliphatic heterocycles. The Hall–Kier alpha value is -1.02. The first kappa shape index (κ1) is 12.4. The molecule has 2 rings (SSSR count). The van der Waals surface area contributed by atoms with Gasteiger partial charge in [0.1, 0.15) is 0 Å². The first-order chi connectivity index (χ1) is 8.40. The molecule has 0 bridgehead atoms. The van der Waals surface area contributed by atoms with Crippen molar-refractivity contribution in [3.05, 3.63) is 29.8 Å². The van der Waals surface area contributed by atoms with Gasteiger partial charge in [0.25, 0.3) is 0 Å². The second-order valence-electron chi connectivity index (χ2n) is 4.89. The maximum absolute atomic E-state index is 3.48. The lowest BCUT2D eigenvalue weighted by Gasteiger charge is -2.17. The highest BCUT2D eigenvalue weighted by atomic mass is 15.1. The van der Waals surface area contributed by atoms with Gasteiger partial charge in [-0.05, 0) is 43.5 Å². The van der Waals surface area contributed by atoms with Crippen LogP contribution in [0.25, 0.3) is 0 Å². The van der Waals surface area contributed by atoms with E-state index in [9.17, 15) is 0 Å². The van der Waals surface area contributed by atoms with Crippen molar-refractivity contribution in [3.63, 3.8) is 0 Å². The molecule has 0 atom stereocenters. The monoisotopic (exact) mass is 232 g/mol. The number of benzene rings is 1. The Kier molecular flexibility index (Phi) is 4.87. The molecule has 2 heteroatoms. The van der Waals surface area contributed by atoms with E-state index in [1.807, 2.05) is 0 Å². The number of unbranched alkanes of at least 4 members (excludes halogenated alkanes) is 1. The molecule has 17 heavy (non-hydrogen) atoms. The van der Waals surface area contributed by atoms with Crippen LogP contribution in [0.15, 0.2) is 24.3 Å².